The molecule has 0 radical (unpaired) electrons. The highest BCUT2D eigenvalue weighted by Gasteiger charge is 2.19. The second-order valence-electron chi connectivity index (χ2n) is 6.54. The van der Waals surface area contributed by atoms with E-state index in [0.717, 1.165) is 6.42 Å². The molecule has 0 bridgehead atoms. The lowest BCUT2D eigenvalue weighted by molar-refractivity contribution is -0.155. The van der Waals surface area contributed by atoms with E-state index in [2.05, 4.69) is 15.3 Å². The number of para-hydroxylation sites is 2. The second-order valence-corrected chi connectivity index (χ2v) is 6.54. The van der Waals surface area contributed by atoms with Crippen LogP contribution in [0.5, 0.6) is 11.5 Å². The summed E-state index contributed by atoms with van der Waals surface area (Å²) in [7, 11) is 0. The lowest BCUT2D eigenvalue weighted by Gasteiger charge is -2.15. The molecule has 1 aromatic heterocycles. The predicted molar refractivity (Wildman–Crippen MR) is 111 cm³/mol. The van der Waals surface area contributed by atoms with Crippen molar-refractivity contribution in [3.63, 3.8) is 0 Å². The Labute approximate surface area is 172 Å². The van der Waals surface area contributed by atoms with Crippen molar-refractivity contribution >= 4 is 28.6 Å². The molecule has 30 heavy (non-hydrogen) atoms. The molecule has 9 nitrogen and oxygen atoms in total. The number of rotatable bonds is 9. The van der Waals surface area contributed by atoms with Crippen LogP contribution in [0, 0.1) is 0 Å². The van der Waals surface area contributed by atoms with E-state index in [1.54, 1.807) is 36.4 Å². The van der Waals surface area contributed by atoms with Crippen molar-refractivity contribution in [3.05, 3.63) is 52.9 Å². The van der Waals surface area contributed by atoms with Crippen molar-refractivity contribution in [1.29, 1.82) is 0 Å². The van der Waals surface area contributed by atoms with Gasteiger partial charge in [-0.25, -0.2) is 9.59 Å². The van der Waals surface area contributed by atoms with Gasteiger partial charge in [0.05, 0.1) is 17.6 Å². The van der Waals surface area contributed by atoms with E-state index < -0.39 is 18.0 Å². The molecular formula is C21H23N3O6. The molecule has 3 rings (SSSR count). The number of H-pyrrole nitrogens is 2. The van der Waals surface area contributed by atoms with Gasteiger partial charge in [-0.2, -0.15) is 0 Å². The van der Waals surface area contributed by atoms with E-state index in [4.69, 9.17) is 14.2 Å². The first-order valence-corrected chi connectivity index (χ1v) is 9.53. The minimum absolute atomic E-state index is 0.336. The van der Waals surface area contributed by atoms with Crippen molar-refractivity contribution in [2.75, 3.05) is 18.5 Å². The first-order chi connectivity index (χ1) is 14.5. The first kappa shape index (κ1) is 21.0. The number of hydrogen-bond donors (Lipinski definition) is 3. The first-order valence-electron chi connectivity index (χ1n) is 9.53. The summed E-state index contributed by atoms with van der Waals surface area (Å²) in [6.45, 7) is 3.62. The highest BCUT2D eigenvalue weighted by atomic mass is 16.6. The van der Waals surface area contributed by atoms with Gasteiger partial charge in [0.25, 0.3) is 5.91 Å². The molecule has 158 valence electrons. The molecule has 3 N–H and O–H groups in total. The Balaban J connectivity index is 1.52. The Morgan fingerprint density at radius 2 is 1.73 bits per heavy atom. The largest absolute Gasteiger partial charge is 0.490 e. The van der Waals surface area contributed by atoms with Crippen molar-refractivity contribution in [1.82, 2.24) is 9.97 Å². The molecule has 0 aliphatic heterocycles. The van der Waals surface area contributed by atoms with E-state index >= 15 is 0 Å². The summed E-state index contributed by atoms with van der Waals surface area (Å²) in [5.74, 6) is -0.231. The van der Waals surface area contributed by atoms with Crippen LogP contribution < -0.4 is 20.5 Å². The van der Waals surface area contributed by atoms with Crippen LogP contribution in [-0.4, -0.2) is 41.2 Å². The van der Waals surface area contributed by atoms with Crippen LogP contribution in [0.3, 0.4) is 0 Å². The van der Waals surface area contributed by atoms with Crippen molar-refractivity contribution in [2.24, 2.45) is 0 Å². The molecule has 0 aliphatic rings. The molecule has 2 aromatic carbocycles. The van der Waals surface area contributed by atoms with E-state index in [1.807, 2.05) is 13.0 Å². The van der Waals surface area contributed by atoms with Gasteiger partial charge in [0.1, 0.15) is 0 Å². The molecule has 0 aliphatic carbocycles. The number of imidazole rings is 1. The van der Waals surface area contributed by atoms with Gasteiger partial charge in [-0.05, 0) is 43.7 Å². The number of benzene rings is 2. The third kappa shape index (κ3) is 5.40. The Morgan fingerprint density at radius 1 is 1.03 bits per heavy atom. The summed E-state index contributed by atoms with van der Waals surface area (Å²) in [4.78, 5) is 40.9. The van der Waals surface area contributed by atoms with Crippen LogP contribution in [-0.2, 0) is 14.3 Å². The fourth-order valence-corrected chi connectivity index (χ4v) is 2.68. The number of anilines is 1. The minimum atomic E-state index is -1.03. The van der Waals surface area contributed by atoms with Crippen molar-refractivity contribution < 1.29 is 23.8 Å². The molecule has 1 heterocycles. The fourth-order valence-electron chi connectivity index (χ4n) is 2.68. The van der Waals surface area contributed by atoms with E-state index in [1.165, 1.54) is 6.92 Å². The minimum Gasteiger partial charge on any atom is -0.490 e. The number of fused-ring (bicyclic) bond motifs is 1. The standard InChI is InChI=1S/C21H23N3O6/c1-3-10-28-17-6-4-5-7-18(17)29-12-19(25)30-13(2)20(26)22-14-8-9-15-16(11-14)24-21(27)23-15/h4-9,11,13H,3,10,12H2,1-2H3,(H,22,26)(H2,23,24,27)/t13-/m0/s1. The topological polar surface area (TPSA) is 123 Å². The number of amides is 1. The zero-order chi connectivity index (χ0) is 21.5. The van der Waals surface area contributed by atoms with Crippen LogP contribution in [0.25, 0.3) is 11.0 Å². The Kier molecular flexibility index (Phi) is 6.74. The summed E-state index contributed by atoms with van der Waals surface area (Å²) in [5, 5.41) is 2.64. The summed E-state index contributed by atoms with van der Waals surface area (Å²) in [6.07, 6.45) is -0.190. The number of carbonyl (C=O) groups is 2. The highest BCUT2D eigenvalue weighted by molar-refractivity contribution is 5.96. The summed E-state index contributed by atoms with van der Waals surface area (Å²) >= 11 is 0. The number of hydrogen-bond acceptors (Lipinski definition) is 6. The van der Waals surface area contributed by atoms with Gasteiger partial charge in [-0.1, -0.05) is 19.1 Å². The molecule has 0 saturated carbocycles. The summed E-state index contributed by atoms with van der Waals surface area (Å²) < 4.78 is 16.2. The molecule has 0 fully saturated rings. The monoisotopic (exact) mass is 413 g/mol. The van der Waals surface area contributed by atoms with E-state index in [0.29, 0.717) is 34.8 Å². The Morgan fingerprint density at radius 3 is 2.47 bits per heavy atom. The predicted octanol–water partition coefficient (Wildman–Crippen LogP) is 2.59. The van der Waals surface area contributed by atoms with Crippen LogP contribution in [0.1, 0.15) is 20.3 Å². The number of nitrogens with one attached hydrogen (secondary N) is 3. The lowest BCUT2D eigenvalue weighted by Crippen LogP contribution is -2.31. The lowest BCUT2D eigenvalue weighted by atomic mass is 10.2. The molecular weight excluding hydrogens is 390 g/mol. The summed E-state index contributed by atoms with van der Waals surface area (Å²) in [6, 6.07) is 11.9. The molecule has 0 spiro atoms. The highest BCUT2D eigenvalue weighted by Crippen LogP contribution is 2.26. The number of aromatic amines is 2. The maximum atomic E-state index is 12.3. The third-order valence-corrected chi connectivity index (χ3v) is 4.12. The van der Waals surface area contributed by atoms with Gasteiger partial charge < -0.3 is 29.5 Å². The SMILES string of the molecule is CCCOc1ccccc1OCC(=O)O[C@@H](C)C(=O)Nc1ccc2[nH]c(=O)[nH]c2c1. The van der Waals surface area contributed by atoms with Gasteiger partial charge in [-0.3, -0.25) is 4.79 Å². The van der Waals surface area contributed by atoms with Gasteiger partial charge in [0, 0.05) is 5.69 Å². The van der Waals surface area contributed by atoms with E-state index in [-0.39, 0.29) is 12.3 Å². The molecule has 3 aromatic rings. The average molecular weight is 413 g/mol. The number of ether oxygens (including phenoxy) is 3. The van der Waals surface area contributed by atoms with Crippen molar-refractivity contribution in [3.8, 4) is 11.5 Å². The maximum Gasteiger partial charge on any atom is 0.344 e. The molecule has 0 unspecified atom stereocenters. The van der Waals surface area contributed by atoms with Crippen LogP contribution >= 0.6 is 0 Å². The number of aromatic nitrogens is 2. The zero-order valence-corrected chi connectivity index (χ0v) is 16.7. The number of esters is 1. The summed E-state index contributed by atoms with van der Waals surface area (Å²) in [5.41, 5.74) is 1.30. The molecule has 9 heteroatoms. The quantitative estimate of drug-likeness (QED) is 0.464. The Hall–Kier alpha value is -3.75. The molecule has 1 amide bonds. The molecule has 1 atom stereocenters. The van der Waals surface area contributed by atoms with Gasteiger partial charge in [0.15, 0.2) is 24.2 Å². The van der Waals surface area contributed by atoms with Crippen LogP contribution in [0.15, 0.2) is 47.3 Å². The maximum absolute atomic E-state index is 12.3. The van der Waals surface area contributed by atoms with Gasteiger partial charge in [0.2, 0.25) is 0 Å². The number of carbonyl (C=O) groups excluding carboxylic acids is 2. The van der Waals surface area contributed by atoms with Crippen molar-refractivity contribution in [2.45, 2.75) is 26.4 Å². The second kappa shape index (κ2) is 9.64. The van der Waals surface area contributed by atoms with Gasteiger partial charge >= 0.3 is 11.7 Å². The third-order valence-electron chi connectivity index (χ3n) is 4.12. The Bertz CT molecular complexity index is 1090. The average Bonchev–Trinajstić information content (AvgIpc) is 3.10. The van der Waals surface area contributed by atoms with Crippen LogP contribution in [0.4, 0.5) is 5.69 Å². The normalized spacial score (nSPS) is 11.7. The zero-order valence-electron chi connectivity index (χ0n) is 16.7. The smallest absolute Gasteiger partial charge is 0.344 e. The fraction of sp³-hybridized carbons (Fsp3) is 0.286. The van der Waals surface area contributed by atoms with Gasteiger partial charge in [-0.15, -0.1) is 0 Å². The van der Waals surface area contributed by atoms with Crippen LogP contribution in [0.2, 0.25) is 0 Å². The van der Waals surface area contributed by atoms with E-state index in [9.17, 15) is 14.4 Å². The molecule has 0 saturated heterocycles.